The van der Waals surface area contributed by atoms with Crippen LogP contribution in [0.1, 0.15) is 57.5 Å². The van der Waals surface area contributed by atoms with E-state index in [0.29, 0.717) is 54.7 Å². The molecule has 1 aliphatic rings. The number of amides is 2. The number of carbonyl (C=O) groups excluding carboxylic acids is 2. The molecule has 0 saturated carbocycles. The van der Waals surface area contributed by atoms with Crippen molar-refractivity contribution < 1.29 is 35.9 Å². The zero-order valence-corrected chi connectivity index (χ0v) is 23.0. The molecule has 1 atom stereocenters. The van der Waals surface area contributed by atoms with E-state index in [1.807, 2.05) is 0 Å². The predicted octanol–water partition coefficient (Wildman–Crippen LogP) is 7.04. The predicted molar refractivity (Wildman–Crippen MR) is 148 cm³/mol. The van der Waals surface area contributed by atoms with Crippen molar-refractivity contribution in [3.63, 3.8) is 0 Å². The molecule has 43 heavy (non-hydrogen) atoms. The molecule has 1 fully saturated rings. The third kappa shape index (κ3) is 6.37. The molecule has 2 N–H and O–H groups in total. The largest absolute Gasteiger partial charge is 0.416 e. The highest BCUT2D eigenvalue weighted by atomic mass is 19.4. The van der Waals surface area contributed by atoms with E-state index in [1.165, 1.54) is 30.5 Å². The lowest BCUT2D eigenvalue weighted by atomic mass is 9.91. The number of likely N-dealkylation sites (tertiary alicyclic amines) is 1. The van der Waals surface area contributed by atoms with Gasteiger partial charge in [-0.2, -0.15) is 31.4 Å². The molecule has 1 aliphatic heterocycles. The zero-order valence-electron chi connectivity index (χ0n) is 23.0. The summed E-state index contributed by atoms with van der Waals surface area (Å²) in [7, 11) is 0. The highest BCUT2D eigenvalue weighted by Gasteiger charge is 2.40. The number of primary amides is 1. The first-order valence-electron chi connectivity index (χ1n) is 13.7. The number of benzene rings is 3. The molecule has 226 valence electrons. The van der Waals surface area contributed by atoms with E-state index in [2.05, 4.69) is 5.10 Å². The first-order valence-corrected chi connectivity index (χ1v) is 13.7. The van der Waals surface area contributed by atoms with Crippen LogP contribution in [0.4, 0.5) is 26.3 Å². The Morgan fingerprint density at radius 2 is 1.49 bits per heavy atom. The van der Waals surface area contributed by atoms with Gasteiger partial charge in [0.25, 0.3) is 5.91 Å². The van der Waals surface area contributed by atoms with Crippen LogP contribution in [0.25, 0.3) is 22.0 Å². The van der Waals surface area contributed by atoms with E-state index in [4.69, 9.17) is 5.73 Å². The Bertz CT molecular complexity index is 1630. The summed E-state index contributed by atoms with van der Waals surface area (Å²) in [6, 6.07) is 14.3. The van der Waals surface area contributed by atoms with Gasteiger partial charge >= 0.3 is 12.4 Å². The molecule has 1 aromatic heterocycles. The number of hydrogen-bond donors (Lipinski definition) is 1. The fourth-order valence-electron chi connectivity index (χ4n) is 5.53. The van der Waals surface area contributed by atoms with Crippen molar-refractivity contribution in [1.29, 1.82) is 0 Å². The van der Waals surface area contributed by atoms with Crippen molar-refractivity contribution in [3.8, 4) is 11.1 Å². The van der Waals surface area contributed by atoms with Gasteiger partial charge in [0.2, 0.25) is 5.91 Å². The monoisotopic (exact) mass is 602 g/mol. The first kappa shape index (κ1) is 30.1. The maximum Gasteiger partial charge on any atom is 0.416 e. The van der Waals surface area contributed by atoms with Crippen LogP contribution in [-0.4, -0.2) is 45.8 Å². The van der Waals surface area contributed by atoms with Crippen molar-refractivity contribution in [3.05, 3.63) is 89.1 Å². The van der Waals surface area contributed by atoms with Gasteiger partial charge < -0.3 is 10.6 Å². The number of piperidine rings is 1. The van der Waals surface area contributed by atoms with Crippen LogP contribution < -0.4 is 5.73 Å². The minimum atomic E-state index is -4.57. The SMILES string of the molecule is CC(c1c(C(N)=O)ccc2nn(CC3CCN(C(=O)c4ccc(-c5ccc(C(F)(F)F)cc5)cc4)CC3)cc12)C(F)(F)F. The number of fused-ring (bicyclic) bond motifs is 1. The van der Waals surface area contributed by atoms with E-state index in [1.54, 1.807) is 33.8 Å². The Morgan fingerprint density at radius 3 is 2.02 bits per heavy atom. The lowest BCUT2D eigenvalue weighted by molar-refractivity contribution is -0.146. The second-order valence-electron chi connectivity index (χ2n) is 10.8. The Morgan fingerprint density at radius 1 is 0.907 bits per heavy atom. The van der Waals surface area contributed by atoms with Crippen LogP contribution in [0.15, 0.2) is 66.9 Å². The standard InChI is InChI=1S/C31H28F6N4O2/c1-18(30(32,33)34)27-24(28(38)42)10-11-26-25(27)17-41(39-26)16-19-12-14-40(15-13-19)29(43)22-4-2-20(3-5-22)21-6-8-23(9-7-21)31(35,36)37/h2-11,17-19H,12-16H2,1H3,(H2,38,42). The minimum absolute atomic E-state index is 0.125. The lowest BCUT2D eigenvalue weighted by Gasteiger charge is -2.32. The summed E-state index contributed by atoms with van der Waals surface area (Å²) in [5, 5.41) is 4.68. The Balaban J connectivity index is 1.23. The number of aromatic nitrogens is 2. The summed E-state index contributed by atoms with van der Waals surface area (Å²) in [5.74, 6) is -2.88. The third-order valence-corrected chi connectivity index (χ3v) is 7.99. The topological polar surface area (TPSA) is 81.2 Å². The normalized spacial score (nSPS) is 15.6. The molecule has 1 unspecified atom stereocenters. The molecule has 2 heterocycles. The average Bonchev–Trinajstić information content (AvgIpc) is 3.38. The fraction of sp³-hybridized carbons (Fsp3) is 0.323. The maximum atomic E-state index is 13.6. The van der Waals surface area contributed by atoms with Gasteiger partial charge in [-0.3, -0.25) is 14.3 Å². The Hall–Kier alpha value is -4.35. The second-order valence-corrected chi connectivity index (χ2v) is 10.8. The molecule has 4 aromatic rings. The molecular formula is C31H28F6N4O2. The minimum Gasteiger partial charge on any atom is -0.366 e. The number of nitrogens with two attached hydrogens (primary N) is 1. The molecule has 12 heteroatoms. The van der Waals surface area contributed by atoms with Gasteiger partial charge in [0.15, 0.2) is 0 Å². The smallest absolute Gasteiger partial charge is 0.366 e. The van der Waals surface area contributed by atoms with Crippen LogP contribution in [0.3, 0.4) is 0 Å². The molecule has 0 bridgehead atoms. The van der Waals surface area contributed by atoms with Gasteiger partial charge in [0, 0.05) is 42.3 Å². The molecular weight excluding hydrogens is 574 g/mol. The van der Waals surface area contributed by atoms with Crippen molar-refractivity contribution in [2.45, 2.75) is 44.6 Å². The molecule has 6 nitrogen and oxygen atoms in total. The average molecular weight is 603 g/mol. The number of hydrogen-bond acceptors (Lipinski definition) is 3. The van der Waals surface area contributed by atoms with Gasteiger partial charge in [-0.15, -0.1) is 0 Å². The van der Waals surface area contributed by atoms with E-state index >= 15 is 0 Å². The van der Waals surface area contributed by atoms with Crippen molar-refractivity contribution in [2.24, 2.45) is 11.7 Å². The van der Waals surface area contributed by atoms with Crippen LogP contribution in [-0.2, 0) is 12.7 Å². The van der Waals surface area contributed by atoms with Crippen LogP contribution in [0, 0.1) is 5.92 Å². The highest BCUT2D eigenvalue weighted by Crippen LogP contribution is 2.39. The van der Waals surface area contributed by atoms with Crippen LogP contribution in [0.5, 0.6) is 0 Å². The lowest BCUT2D eigenvalue weighted by Crippen LogP contribution is -2.39. The molecule has 3 aromatic carbocycles. The quantitative estimate of drug-likeness (QED) is 0.241. The summed E-state index contributed by atoms with van der Waals surface area (Å²) in [5.41, 5.74) is 6.36. The molecule has 0 radical (unpaired) electrons. The number of halogens is 6. The summed E-state index contributed by atoms with van der Waals surface area (Å²) >= 11 is 0. The Labute approximate surface area is 243 Å². The van der Waals surface area contributed by atoms with E-state index in [-0.39, 0.29) is 28.3 Å². The summed E-state index contributed by atoms with van der Waals surface area (Å²) < 4.78 is 80.9. The van der Waals surface area contributed by atoms with Crippen molar-refractivity contribution in [2.75, 3.05) is 13.1 Å². The first-order chi connectivity index (χ1) is 20.2. The zero-order chi connectivity index (χ0) is 31.1. The third-order valence-electron chi connectivity index (χ3n) is 7.99. The Kier molecular flexibility index (Phi) is 7.97. The molecule has 0 aliphatic carbocycles. The second kappa shape index (κ2) is 11.4. The van der Waals surface area contributed by atoms with Gasteiger partial charge in [-0.25, -0.2) is 0 Å². The molecule has 1 saturated heterocycles. The van der Waals surface area contributed by atoms with E-state index in [0.717, 1.165) is 19.1 Å². The van der Waals surface area contributed by atoms with Crippen molar-refractivity contribution in [1.82, 2.24) is 14.7 Å². The summed E-state index contributed by atoms with van der Waals surface area (Å²) in [4.78, 5) is 26.7. The van der Waals surface area contributed by atoms with E-state index < -0.39 is 29.7 Å². The number of carbonyl (C=O) groups is 2. The number of nitrogens with zero attached hydrogens (tertiary/aromatic N) is 3. The molecule has 5 rings (SSSR count). The summed E-state index contributed by atoms with van der Waals surface area (Å²) in [6.07, 6.45) is -6.14. The van der Waals surface area contributed by atoms with Gasteiger partial charge in [0.1, 0.15) is 0 Å². The maximum absolute atomic E-state index is 13.6. The van der Waals surface area contributed by atoms with E-state index in [9.17, 15) is 35.9 Å². The van der Waals surface area contributed by atoms with Crippen LogP contribution in [0.2, 0.25) is 0 Å². The number of alkyl halides is 6. The molecule has 0 spiro atoms. The van der Waals surface area contributed by atoms with Gasteiger partial charge in [-0.1, -0.05) is 24.3 Å². The summed E-state index contributed by atoms with van der Waals surface area (Å²) in [6.45, 7) is 2.39. The van der Waals surface area contributed by atoms with Crippen LogP contribution >= 0.6 is 0 Å². The highest BCUT2D eigenvalue weighted by molar-refractivity contribution is 6.00. The number of rotatable bonds is 6. The molecule has 2 amide bonds. The van der Waals surface area contributed by atoms with Crippen molar-refractivity contribution >= 4 is 22.7 Å². The van der Waals surface area contributed by atoms with Gasteiger partial charge in [0.05, 0.1) is 17.0 Å². The van der Waals surface area contributed by atoms with Gasteiger partial charge in [-0.05, 0) is 78.8 Å². The fourth-order valence-corrected chi connectivity index (χ4v) is 5.53.